The molecule has 1 fully saturated rings. The number of allylic oxidation sites excluding steroid dienone is 2. The van der Waals surface area contributed by atoms with Crippen LogP contribution in [0.3, 0.4) is 0 Å². The standard InChI is InChI=1S/C19H21F4N3/c1-3-14(19(21,22)23)18-13-5-4-6-16(12(13)7-9-24-18)25-17-8-10-26(2)11-15(17)20/h3-7,9,15,17,25H,8,10-11H2,1-2H3/b14-3+/t15-,17+/m0/s1. The fraction of sp³-hybridized carbons (Fsp3) is 0.421. The molecule has 2 heterocycles. The average Bonchev–Trinajstić information content (AvgIpc) is 2.57. The van der Waals surface area contributed by atoms with E-state index < -0.39 is 17.9 Å². The topological polar surface area (TPSA) is 28.2 Å². The van der Waals surface area contributed by atoms with Crippen molar-refractivity contribution in [2.75, 3.05) is 25.5 Å². The van der Waals surface area contributed by atoms with E-state index in [1.165, 1.54) is 13.1 Å². The number of benzene rings is 1. The van der Waals surface area contributed by atoms with Gasteiger partial charge in [0.05, 0.1) is 17.3 Å². The molecule has 3 rings (SSSR count). The van der Waals surface area contributed by atoms with E-state index in [-0.39, 0.29) is 11.7 Å². The average molecular weight is 367 g/mol. The number of hydrogen-bond acceptors (Lipinski definition) is 3. The Kier molecular flexibility index (Phi) is 5.18. The highest BCUT2D eigenvalue weighted by atomic mass is 19.4. The first kappa shape index (κ1) is 18.6. The van der Waals surface area contributed by atoms with Gasteiger partial charge < -0.3 is 10.2 Å². The number of alkyl halides is 4. The highest BCUT2D eigenvalue weighted by Crippen LogP contribution is 2.37. The van der Waals surface area contributed by atoms with E-state index >= 15 is 0 Å². The van der Waals surface area contributed by atoms with E-state index in [2.05, 4.69) is 10.3 Å². The number of fused-ring (bicyclic) bond motifs is 1. The van der Waals surface area contributed by atoms with Crippen LogP contribution >= 0.6 is 0 Å². The molecule has 7 heteroatoms. The van der Waals surface area contributed by atoms with Crippen molar-refractivity contribution in [1.29, 1.82) is 0 Å². The summed E-state index contributed by atoms with van der Waals surface area (Å²) in [6, 6.07) is 6.34. The van der Waals surface area contributed by atoms with Gasteiger partial charge in [-0.3, -0.25) is 4.98 Å². The van der Waals surface area contributed by atoms with Gasteiger partial charge in [0.15, 0.2) is 0 Å². The van der Waals surface area contributed by atoms with Gasteiger partial charge in [-0.05, 0) is 32.5 Å². The molecule has 1 N–H and O–H groups in total. The number of aromatic nitrogens is 1. The number of piperidine rings is 1. The van der Waals surface area contributed by atoms with Gasteiger partial charge in [0.25, 0.3) is 0 Å². The van der Waals surface area contributed by atoms with Crippen molar-refractivity contribution in [3.63, 3.8) is 0 Å². The SMILES string of the molecule is C/C=C(\c1nccc2c(N[C@@H]3CCN(C)C[C@@H]3F)cccc12)C(F)(F)F. The van der Waals surface area contributed by atoms with Crippen LogP contribution in [-0.2, 0) is 0 Å². The normalized spacial score (nSPS) is 22.6. The number of anilines is 1. The van der Waals surface area contributed by atoms with Crippen LogP contribution in [0, 0.1) is 0 Å². The van der Waals surface area contributed by atoms with Crippen LogP contribution in [0.4, 0.5) is 23.2 Å². The molecule has 0 radical (unpaired) electrons. The number of nitrogens with one attached hydrogen (secondary N) is 1. The Bertz CT molecular complexity index is 816. The Balaban J connectivity index is 2.00. The van der Waals surface area contributed by atoms with Gasteiger partial charge in [-0.2, -0.15) is 13.2 Å². The summed E-state index contributed by atoms with van der Waals surface area (Å²) in [5, 5.41) is 4.19. The van der Waals surface area contributed by atoms with E-state index in [0.717, 1.165) is 12.6 Å². The second-order valence-electron chi connectivity index (χ2n) is 6.58. The van der Waals surface area contributed by atoms with E-state index in [0.29, 0.717) is 29.4 Å². The quantitative estimate of drug-likeness (QED) is 0.800. The van der Waals surface area contributed by atoms with Crippen molar-refractivity contribution >= 4 is 22.0 Å². The third-order valence-corrected chi connectivity index (χ3v) is 4.74. The van der Waals surface area contributed by atoms with Gasteiger partial charge in [-0.25, -0.2) is 4.39 Å². The molecule has 1 aromatic heterocycles. The predicted molar refractivity (Wildman–Crippen MR) is 95.9 cm³/mol. The summed E-state index contributed by atoms with van der Waals surface area (Å²) in [4.78, 5) is 5.89. The second-order valence-corrected chi connectivity index (χ2v) is 6.58. The Labute approximate surface area is 149 Å². The molecule has 1 saturated heterocycles. The molecule has 1 aliphatic rings. The molecule has 0 bridgehead atoms. The molecule has 0 spiro atoms. The highest BCUT2D eigenvalue weighted by molar-refractivity contribution is 6.00. The van der Waals surface area contributed by atoms with Crippen LogP contribution in [0.2, 0.25) is 0 Å². The lowest BCUT2D eigenvalue weighted by Gasteiger charge is -2.33. The molecular formula is C19H21F4N3. The number of likely N-dealkylation sites (tertiary alicyclic amines) is 1. The molecule has 140 valence electrons. The first-order chi connectivity index (χ1) is 12.3. The number of nitrogens with zero attached hydrogens (tertiary/aromatic N) is 2. The number of halogens is 4. The minimum atomic E-state index is -4.49. The van der Waals surface area contributed by atoms with Gasteiger partial charge in [0, 0.05) is 35.7 Å². The van der Waals surface area contributed by atoms with Crippen molar-refractivity contribution in [2.45, 2.75) is 31.7 Å². The molecule has 0 saturated carbocycles. The van der Waals surface area contributed by atoms with E-state index in [9.17, 15) is 17.6 Å². The molecule has 2 atom stereocenters. The molecule has 0 amide bonds. The Morgan fingerprint density at radius 1 is 1.27 bits per heavy atom. The summed E-state index contributed by atoms with van der Waals surface area (Å²) in [5.74, 6) is 0. The second kappa shape index (κ2) is 7.23. The molecule has 26 heavy (non-hydrogen) atoms. The van der Waals surface area contributed by atoms with E-state index in [1.54, 1.807) is 24.3 Å². The summed E-state index contributed by atoms with van der Waals surface area (Å²) in [6.07, 6.45) is -2.51. The lowest BCUT2D eigenvalue weighted by Crippen LogP contribution is -2.46. The largest absolute Gasteiger partial charge is 0.418 e. The predicted octanol–water partition coefficient (Wildman–Crippen LogP) is 4.65. The summed E-state index contributed by atoms with van der Waals surface area (Å²) in [7, 11) is 1.87. The molecule has 1 aliphatic heterocycles. The van der Waals surface area contributed by atoms with Gasteiger partial charge in [-0.1, -0.05) is 18.2 Å². The van der Waals surface area contributed by atoms with Crippen molar-refractivity contribution in [1.82, 2.24) is 9.88 Å². The third kappa shape index (κ3) is 3.67. The van der Waals surface area contributed by atoms with Gasteiger partial charge in [0.1, 0.15) is 6.17 Å². The van der Waals surface area contributed by atoms with E-state index in [4.69, 9.17) is 0 Å². The van der Waals surface area contributed by atoms with Crippen molar-refractivity contribution in [3.05, 3.63) is 42.2 Å². The summed E-state index contributed by atoms with van der Waals surface area (Å²) < 4.78 is 54.3. The summed E-state index contributed by atoms with van der Waals surface area (Å²) in [6.45, 7) is 2.45. The number of pyridine rings is 1. The van der Waals surface area contributed by atoms with Crippen LogP contribution in [0.25, 0.3) is 16.3 Å². The zero-order valence-corrected chi connectivity index (χ0v) is 14.6. The van der Waals surface area contributed by atoms with Gasteiger partial charge in [0.2, 0.25) is 0 Å². The molecular weight excluding hydrogens is 346 g/mol. The third-order valence-electron chi connectivity index (χ3n) is 4.74. The minimum absolute atomic E-state index is 0.110. The number of rotatable bonds is 3. The summed E-state index contributed by atoms with van der Waals surface area (Å²) >= 11 is 0. The lowest BCUT2D eigenvalue weighted by molar-refractivity contribution is -0.0691. The van der Waals surface area contributed by atoms with Crippen LogP contribution in [0.15, 0.2) is 36.5 Å². The van der Waals surface area contributed by atoms with Crippen LogP contribution in [-0.4, -0.2) is 48.4 Å². The number of hydrogen-bond donors (Lipinski definition) is 1. The smallest absolute Gasteiger partial charge is 0.379 e. The monoisotopic (exact) mass is 367 g/mol. The minimum Gasteiger partial charge on any atom is -0.379 e. The molecule has 0 aliphatic carbocycles. The maximum Gasteiger partial charge on any atom is 0.418 e. The lowest BCUT2D eigenvalue weighted by atomic mass is 10.00. The Morgan fingerprint density at radius 3 is 2.69 bits per heavy atom. The molecule has 2 aromatic rings. The van der Waals surface area contributed by atoms with Crippen LogP contribution in [0.5, 0.6) is 0 Å². The zero-order chi connectivity index (χ0) is 18.9. The Hall–Kier alpha value is -2.15. The first-order valence-corrected chi connectivity index (χ1v) is 8.52. The zero-order valence-electron chi connectivity index (χ0n) is 14.6. The van der Waals surface area contributed by atoms with Gasteiger partial charge in [-0.15, -0.1) is 0 Å². The maximum absolute atomic E-state index is 14.3. The van der Waals surface area contributed by atoms with Crippen molar-refractivity contribution in [2.24, 2.45) is 0 Å². The highest BCUT2D eigenvalue weighted by Gasteiger charge is 2.36. The molecule has 1 aromatic carbocycles. The molecule has 3 nitrogen and oxygen atoms in total. The maximum atomic E-state index is 14.3. The van der Waals surface area contributed by atoms with E-state index in [1.807, 2.05) is 11.9 Å². The molecule has 0 unspecified atom stereocenters. The van der Waals surface area contributed by atoms with Crippen molar-refractivity contribution in [3.8, 4) is 0 Å². The van der Waals surface area contributed by atoms with Crippen LogP contribution in [0.1, 0.15) is 19.0 Å². The van der Waals surface area contributed by atoms with Gasteiger partial charge >= 0.3 is 6.18 Å². The Morgan fingerprint density at radius 2 is 2.04 bits per heavy atom. The summed E-state index contributed by atoms with van der Waals surface area (Å²) in [5.41, 5.74) is -0.259. The van der Waals surface area contributed by atoms with Crippen LogP contribution < -0.4 is 5.32 Å². The first-order valence-electron chi connectivity index (χ1n) is 8.52. The fourth-order valence-corrected chi connectivity index (χ4v) is 3.40. The fourth-order valence-electron chi connectivity index (χ4n) is 3.40. The van der Waals surface area contributed by atoms with Crippen molar-refractivity contribution < 1.29 is 17.6 Å².